The van der Waals surface area contributed by atoms with Gasteiger partial charge in [0.05, 0.1) is 16.9 Å². The van der Waals surface area contributed by atoms with Crippen molar-refractivity contribution < 1.29 is 4.39 Å². The maximum absolute atomic E-state index is 13.1. The molecule has 106 valence electrons. The molecule has 0 saturated heterocycles. The normalized spacial score (nSPS) is 12.1. The molecule has 0 saturated carbocycles. The van der Waals surface area contributed by atoms with Gasteiger partial charge in [-0.05, 0) is 36.8 Å². The molecule has 1 N–H and O–H groups in total. The van der Waals surface area contributed by atoms with Crippen LogP contribution in [0.1, 0.15) is 18.5 Å². The molecule has 1 atom stereocenters. The summed E-state index contributed by atoms with van der Waals surface area (Å²) in [6.45, 7) is 1.99. The van der Waals surface area contributed by atoms with Crippen LogP contribution in [0.5, 0.6) is 0 Å². The lowest BCUT2D eigenvalue weighted by atomic mass is 10.1. The zero-order valence-corrected chi connectivity index (χ0v) is 12.4. The van der Waals surface area contributed by atoms with Crippen molar-refractivity contribution in [3.05, 3.63) is 52.9 Å². The summed E-state index contributed by atoms with van der Waals surface area (Å²) in [7, 11) is 3.89. The Morgan fingerprint density at radius 3 is 2.55 bits per heavy atom. The predicted octanol–water partition coefficient (Wildman–Crippen LogP) is 4.11. The van der Waals surface area contributed by atoms with Crippen molar-refractivity contribution in [1.82, 2.24) is 4.98 Å². The lowest BCUT2D eigenvalue weighted by molar-refractivity contribution is 0.627. The minimum atomic E-state index is -0.403. The summed E-state index contributed by atoms with van der Waals surface area (Å²) in [6.07, 6.45) is 1.77. The second kappa shape index (κ2) is 6.09. The molecule has 1 heterocycles. The molecule has 3 nitrogen and oxygen atoms in total. The van der Waals surface area contributed by atoms with Crippen LogP contribution in [0.25, 0.3) is 0 Å². The second-order valence-electron chi connectivity index (χ2n) is 4.84. The van der Waals surface area contributed by atoms with E-state index in [9.17, 15) is 4.39 Å². The third-order valence-electron chi connectivity index (χ3n) is 3.03. The molecule has 0 aliphatic rings. The number of nitrogens with one attached hydrogen (secondary N) is 1. The lowest BCUT2D eigenvalue weighted by Crippen LogP contribution is -2.11. The Labute approximate surface area is 123 Å². The molecule has 0 bridgehead atoms. The highest BCUT2D eigenvalue weighted by atomic mass is 35.5. The van der Waals surface area contributed by atoms with E-state index in [1.807, 2.05) is 38.1 Å². The van der Waals surface area contributed by atoms with Crippen LogP contribution in [0, 0.1) is 5.82 Å². The minimum absolute atomic E-state index is 0.0140. The van der Waals surface area contributed by atoms with Crippen molar-refractivity contribution in [3.8, 4) is 0 Å². The van der Waals surface area contributed by atoms with Crippen molar-refractivity contribution in [3.63, 3.8) is 0 Å². The molecule has 20 heavy (non-hydrogen) atoms. The van der Waals surface area contributed by atoms with Crippen molar-refractivity contribution in [2.24, 2.45) is 0 Å². The van der Waals surface area contributed by atoms with E-state index in [4.69, 9.17) is 11.6 Å². The second-order valence-corrected chi connectivity index (χ2v) is 5.25. The summed E-state index contributed by atoms with van der Waals surface area (Å²) in [5, 5.41) is 3.45. The zero-order chi connectivity index (χ0) is 14.7. The number of hydrogen-bond donors (Lipinski definition) is 1. The van der Waals surface area contributed by atoms with Gasteiger partial charge in [0, 0.05) is 20.1 Å². The van der Waals surface area contributed by atoms with Gasteiger partial charge in [0.25, 0.3) is 0 Å². The SMILES string of the molecule is CC(Nc1ccc(N(C)C)nc1)c1ccc(F)c(Cl)c1. The summed E-state index contributed by atoms with van der Waals surface area (Å²) >= 11 is 5.80. The van der Waals surface area contributed by atoms with Gasteiger partial charge in [-0.15, -0.1) is 0 Å². The molecular weight excluding hydrogens is 277 g/mol. The first-order chi connectivity index (χ1) is 9.47. The first-order valence-electron chi connectivity index (χ1n) is 6.32. The molecule has 0 fully saturated rings. The first-order valence-corrected chi connectivity index (χ1v) is 6.70. The molecular formula is C15H17ClFN3. The van der Waals surface area contributed by atoms with E-state index in [2.05, 4.69) is 10.3 Å². The van der Waals surface area contributed by atoms with Gasteiger partial charge in [0.2, 0.25) is 0 Å². The van der Waals surface area contributed by atoms with E-state index in [-0.39, 0.29) is 11.1 Å². The third-order valence-corrected chi connectivity index (χ3v) is 3.32. The first kappa shape index (κ1) is 14.6. The molecule has 0 aliphatic carbocycles. The van der Waals surface area contributed by atoms with E-state index in [1.165, 1.54) is 6.07 Å². The smallest absolute Gasteiger partial charge is 0.141 e. The standard InChI is InChI=1S/C15H17ClFN3/c1-10(11-4-6-14(17)13(16)8-11)19-12-5-7-15(18-9-12)20(2)3/h4-10,19H,1-3H3. The van der Waals surface area contributed by atoms with E-state index >= 15 is 0 Å². The molecule has 2 rings (SSSR count). The number of halogens is 2. The molecule has 5 heteroatoms. The van der Waals surface area contributed by atoms with Crippen LogP contribution in [0.3, 0.4) is 0 Å². The molecule has 0 radical (unpaired) electrons. The number of benzene rings is 1. The van der Waals surface area contributed by atoms with Gasteiger partial charge in [-0.3, -0.25) is 0 Å². The monoisotopic (exact) mass is 293 g/mol. The van der Waals surface area contributed by atoms with Crippen molar-refractivity contribution in [2.45, 2.75) is 13.0 Å². The predicted molar refractivity (Wildman–Crippen MR) is 82.0 cm³/mol. The Balaban J connectivity index is 2.10. The molecule has 0 aliphatic heterocycles. The van der Waals surface area contributed by atoms with Crippen LogP contribution < -0.4 is 10.2 Å². The van der Waals surface area contributed by atoms with Crippen molar-refractivity contribution in [2.75, 3.05) is 24.3 Å². The number of aromatic nitrogens is 1. The maximum atomic E-state index is 13.1. The van der Waals surface area contributed by atoms with Gasteiger partial charge in [-0.1, -0.05) is 17.7 Å². The average molecular weight is 294 g/mol. The van der Waals surface area contributed by atoms with Crippen LogP contribution in [-0.2, 0) is 0 Å². The van der Waals surface area contributed by atoms with Gasteiger partial charge in [-0.25, -0.2) is 9.37 Å². The number of pyridine rings is 1. The average Bonchev–Trinajstić information content (AvgIpc) is 2.42. The fourth-order valence-electron chi connectivity index (χ4n) is 1.85. The quantitative estimate of drug-likeness (QED) is 0.919. The largest absolute Gasteiger partial charge is 0.377 e. The highest BCUT2D eigenvalue weighted by Crippen LogP contribution is 2.24. The van der Waals surface area contributed by atoms with Crippen LogP contribution in [0.4, 0.5) is 15.9 Å². The molecule has 1 unspecified atom stereocenters. The van der Waals surface area contributed by atoms with Gasteiger partial charge >= 0.3 is 0 Å². The van der Waals surface area contributed by atoms with Crippen LogP contribution in [0.15, 0.2) is 36.5 Å². The summed E-state index contributed by atoms with van der Waals surface area (Å²) in [5.41, 5.74) is 1.83. The summed E-state index contributed by atoms with van der Waals surface area (Å²) in [4.78, 5) is 6.27. The summed E-state index contributed by atoms with van der Waals surface area (Å²) in [6, 6.07) is 8.65. The highest BCUT2D eigenvalue weighted by molar-refractivity contribution is 6.30. The molecule has 0 amide bonds. The Hall–Kier alpha value is -1.81. The molecule has 0 spiro atoms. The van der Waals surface area contributed by atoms with E-state index < -0.39 is 5.82 Å². The third kappa shape index (κ3) is 3.39. The van der Waals surface area contributed by atoms with Gasteiger partial charge < -0.3 is 10.2 Å². The van der Waals surface area contributed by atoms with Gasteiger partial charge in [0.15, 0.2) is 0 Å². The molecule has 1 aromatic carbocycles. The Morgan fingerprint density at radius 2 is 2.00 bits per heavy atom. The number of anilines is 2. The Bertz CT molecular complexity index is 584. The van der Waals surface area contributed by atoms with Gasteiger partial charge in [-0.2, -0.15) is 0 Å². The number of hydrogen-bond acceptors (Lipinski definition) is 3. The summed E-state index contributed by atoms with van der Waals surface area (Å²) < 4.78 is 13.1. The van der Waals surface area contributed by atoms with Crippen LogP contribution >= 0.6 is 11.6 Å². The Kier molecular flexibility index (Phi) is 4.45. The van der Waals surface area contributed by atoms with E-state index in [1.54, 1.807) is 18.3 Å². The number of nitrogens with zero attached hydrogens (tertiary/aromatic N) is 2. The highest BCUT2D eigenvalue weighted by Gasteiger charge is 2.08. The maximum Gasteiger partial charge on any atom is 0.141 e. The minimum Gasteiger partial charge on any atom is -0.377 e. The zero-order valence-electron chi connectivity index (χ0n) is 11.7. The fourth-order valence-corrected chi connectivity index (χ4v) is 2.04. The number of rotatable bonds is 4. The van der Waals surface area contributed by atoms with Crippen LogP contribution in [0.2, 0.25) is 5.02 Å². The van der Waals surface area contributed by atoms with Crippen molar-refractivity contribution >= 4 is 23.1 Å². The fraction of sp³-hybridized carbons (Fsp3) is 0.267. The van der Waals surface area contributed by atoms with Crippen LogP contribution in [-0.4, -0.2) is 19.1 Å². The van der Waals surface area contributed by atoms with Crippen molar-refractivity contribution in [1.29, 1.82) is 0 Å². The molecule has 1 aromatic heterocycles. The topological polar surface area (TPSA) is 28.2 Å². The Morgan fingerprint density at radius 1 is 1.25 bits per heavy atom. The lowest BCUT2D eigenvalue weighted by Gasteiger charge is -2.17. The van der Waals surface area contributed by atoms with E-state index in [0.29, 0.717) is 0 Å². The van der Waals surface area contributed by atoms with E-state index in [0.717, 1.165) is 17.1 Å². The summed E-state index contributed by atoms with van der Waals surface area (Å²) in [5.74, 6) is 0.493. The molecule has 2 aromatic rings. The van der Waals surface area contributed by atoms with Gasteiger partial charge in [0.1, 0.15) is 11.6 Å².